The van der Waals surface area contributed by atoms with Crippen molar-refractivity contribution in [1.82, 2.24) is 5.32 Å². The summed E-state index contributed by atoms with van der Waals surface area (Å²) in [5.41, 5.74) is 0. The lowest BCUT2D eigenvalue weighted by molar-refractivity contribution is -0.873. The molecule has 0 aliphatic rings. The molecule has 0 fully saturated rings. The van der Waals surface area contributed by atoms with Crippen LogP contribution in [0.4, 0.5) is 0 Å². The minimum atomic E-state index is -0.229. The molecule has 23 heavy (non-hydrogen) atoms. The number of quaternary nitrogens is 1. The standard InChI is InChI=1S/C18H41N2O.2ClH/c1-5-6-7-8-9-10-11-12-13-14-15-19-16-18(21)17-20(2,3)4;;/h18-19,21H,5-17H2,1-4H3;2*1H/q+1;;/p-1. The molecule has 144 valence electrons. The average molecular weight is 373 g/mol. The second-order valence-corrected chi connectivity index (χ2v) is 7.51. The van der Waals surface area contributed by atoms with Gasteiger partial charge in [-0.3, -0.25) is 0 Å². The van der Waals surface area contributed by atoms with Gasteiger partial charge in [-0.1, -0.05) is 64.7 Å². The summed E-state index contributed by atoms with van der Waals surface area (Å²) in [7, 11) is 6.35. The van der Waals surface area contributed by atoms with Gasteiger partial charge in [0, 0.05) is 6.54 Å². The van der Waals surface area contributed by atoms with Crippen LogP contribution in [0.15, 0.2) is 0 Å². The Kier molecular flexibility index (Phi) is 23.1. The van der Waals surface area contributed by atoms with Crippen LogP contribution in [0.25, 0.3) is 0 Å². The molecule has 5 heteroatoms. The lowest BCUT2D eigenvalue weighted by Crippen LogP contribution is -3.00. The van der Waals surface area contributed by atoms with Gasteiger partial charge in [-0.05, 0) is 13.0 Å². The van der Waals surface area contributed by atoms with Crippen molar-refractivity contribution in [3.8, 4) is 0 Å². The summed E-state index contributed by atoms with van der Waals surface area (Å²) in [6.45, 7) is 4.86. The van der Waals surface area contributed by atoms with E-state index in [2.05, 4.69) is 33.4 Å². The van der Waals surface area contributed by atoms with E-state index in [1.165, 1.54) is 64.2 Å². The molecule has 0 saturated carbocycles. The predicted molar refractivity (Wildman–Crippen MR) is 101 cm³/mol. The Balaban J connectivity index is -0.00000200. The van der Waals surface area contributed by atoms with Crippen LogP contribution in [0, 0.1) is 0 Å². The lowest BCUT2D eigenvalue weighted by atomic mass is 10.1. The zero-order valence-corrected chi connectivity index (χ0v) is 17.5. The average Bonchev–Trinajstić information content (AvgIpc) is 2.38. The van der Waals surface area contributed by atoms with Gasteiger partial charge in [0.1, 0.15) is 12.6 Å². The number of hydrogen-bond acceptors (Lipinski definition) is 2. The van der Waals surface area contributed by atoms with E-state index in [0.29, 0.717) is 0 Å². The maximum absolute atomic E-state index is 9.87. The third-order valence-corrected chi connectivity index (χ3v) is 3.85. The summed E-state index contributed by atoms with van der Waals surface area (Å²) >= 11 is 0. The highest BCUT2D eigenvalue weighted by molar-refractivity contribution is 5.85. The van der Waals surface area contributed by atoms with Crippen LogP contribution in [0.3, 0.4) is 0 Å². The number of unbranched alkanes of at least 4 members (excludes halogenated alkanes) is 9. The first-order valence-electron chi connectivity index (χ1n) is 9.15. The molecule has 0 aromatic carbocycles. The topological polar surface area (TPSA) is 32.3 Å². The molecule has 0 aromatic heterocycles. The van der Waals surface area contributed by atoms with Crippen LogP contribution in [0.1, 0.15) is 71.1 Å². The van der Waals surface area contributed by atoms with E-state index in [1.807, 2.05) is 0 Å². The monoisotopic (exact) mass is 372 g/mol. The molecule has 0 aliphatic carbocycles. The fraction of sp³-hybridized carbons (Fsp3) is 1.00. The number of hydrogen-bond donors (Lipinski definition) is 2. The summed E-state index contributed by atoms with van der Waals surface area (Å²) in [6.07, 6.45) is 13.6. The third kappa shape index (κ3) is 24.8. The largest absolute Gasteiger partial charge is 1.00 e. The van der Waals surface area contributed by atoms with Gasteiger partial charge in [0.25, 0.3) is 0 Å². The van der Waals surface area contributed by atoms with Gasteiger partial charge in [-0.15, -0.1) is 12.4 Å². The highest BCUT2D eigenvalue weighted by Gasteiger charge is 2.14. The van der Waals surface area contributed by atoms with Gasteiger partial charge in [0.2, 0.25) is 0 Å². The summed E-state index contributed by atoms with van der Waals surface area (Å²) in [5.74, 6) is 0. The van der Waals surface area contributed by atoms with E-state index < -0.39 is 0 Å². The molecule has 0 bridgehead atoms. The Morgan fingerprint density at radius 1 is 0.826 bits per heavy atom. The van der Waals surface area contributed by atoms with E-state index in [1.54, 1.807) is 0 Å². The van der Waals surface area contributed by atoms with Crippen molar-refractivity contribution < 1.29 is 22.0 Å². The van der Waals surface area contributed by atoms with Crippen molar-refractivity contribution in [3.05, 3.63) is 0 Å². The zero-order chi connectivity index (χ0) is 16.0. The zero-order valence-electron chi connectivity index (χ0n) is 16.0. The Morgan fingerprint density at radius 2 is 1.26 bits per heavy atom. The van der Waals surface area contributed by atoms with Crippen LogP contribution in [-0.4, -0.2) is 56.5 Å². The molecular formula is C18H42Cl2N2O. The van der Waals surface area contributed by atoms with E-state index >= 15 is 0 Å². The van der Waals surface area contributed by atoms with Crippen molar-refractivity contribution >= 4 is 12.4 Å². The minimum Gasteiger partial charge on any atom is -1.00 e. The summed E-state index contributed by atoms with van der Waals surface area (Å²) < 4.78 is 0.821. The van der Waals surface area contributed by atoms with E-state index in [-0.39, 0.29) is 30.9 Å². The first-order valence-corrected chi connectivity index (χ1v) is 9.15. The second kappa shape index (κ2) is 18.8. The van der Waals surface area contributed by atoms with Crippen LogP contribution in [0.2, 0.25) is 0 Å². The number of nitrogens with one attached hydrogen (secondary N) is 1. The fourth-order valence-electron chi connectivity index (χ4n) is 2.70. The molecule has 0 amide bonds. The molecule has 1 unspecified atom stereocenters. The number of aliphatic hydroxyl groups is 1. The van der Waals surface area contributed by atoms with Gasteiger partial charge in [-0.25, -0.2) is 0 Å². The SMILES string of the molecule is CCCCCCCCCCCCNCC(O)C[N+](C)(C)C.Cl.[Cl-]. The maximum atomic E-state index is 9.87. The highest BCUT2D eigenvalue weighted by atomic mass is 35.5. The van der Waals surface area contributed by atoms with Crippen LogP contribution >= 0.6 is 12.4 Å². The number of nitrogens with zero attached hydrogens (tertiary/aromatic N) is 1. The number of rotatable bonds is 15. The Labute approximate surface area is 158 Å². The van der Waals surface area contributed by atoms with Gasteiger partial charge in [0.05, 0.1) is 21.1 Å². The van der Waals surface area contributed by atoms with Gasteiger partial charge in [-0.2, -0.15) is 0 Å². The van der Waals surface area contributed by atoms with Gasteiger partial charge in [0.15, 0.2) is 0 Å². The molecule has 0 spiro atoms. The molecule has 0 heterocycles. The molecular weight excluding hydrogens is 331 g/mol. The lowest BCUT2D eigenvalue weighted by Gasteiger charge is -2.26. The Hall–Kier alpha value is 0.460. The first-order chi connectivity index (χ1) is 9.95. The number of halogens is 2. The smallest absolute Gasteiger partial charge is 0.115 e. The molecule has 0 radical (unpaired) electrons. The number of aliphatic hydroxyl groups excluding tert-OH is 1. The molecule has 0 rings (SSSR count). The summed E-state index contributed by atoms with van der Waals surface area (Å²) in [4.78, 5) is 0. The van der Waals surface area contributed by atoms with Crippen molar-refractivity contribution in [2.75, 3.05) is 40.8 Å². The van der Waals surface area contributed by atoms with Crippen molar-refractivity contribution in [2.24, 2.45) is 0 Å². The second-order valence-electron chi connectivity index (χ2n) is 7.51. The fourth-order valence-corrected chi connectivity index (χ4v) is 2.70. The van der Waals surface area contributed by atoms with E-state index in [0.717, 1.165) is 24.1 Å². The minimum absolute atomic E-state index is 0. The van der Waals surface area contributed by atoms with E-state index in [4.69, 9.17) is 0 Å². The summed E-state index contributed by atoms with van der Waals surface area (Å²) in [6, 6.07) is 0. The van der Waals surface area contributed by atoms with Crippen molar-refractivity contribution in [1.29, 1.82) is 0 Å². The molecule has 1 atom stereocenters. The van der Waals surface area contributed by atoms with Gasteiger partial charge < -0.3 is 27.3 Å². The van der Waals surface area contributed by atoms with Crippen LogP contribution < -0.4 is 17.7 Å². The molecule has 3 nitrogen and oxygen atoms in total. The predicted octanol–water partition coefficient (Wildman–Crippen LogP) is 0.990. The van der Waals surface area contributed by atoms with E-state index in [9.17, 15) is 5.11 Å². The van der Waals surface area contributed by atoms with Crippen molar-refractivity contribution in [2.45, 2.75) is 77.2 Å². The maximum Gasteiger partial charge on any atom is 0.115 e. The molecule has 0 aliphatic heterocycles. The Bertz CT molecular complexity index is 224. The first kappa shape index (κ1) is 28.3. The van der Waals surface area contributed by atoms with Crippen LogP contribution in [-0.2, 0) is 0 Å². The Morgan fingerprint density at radius 3 is 1.70 bits per heavy atom. The molecule has 2 N–H and O–H groups in total. The number of likely N-dealkylation sites (N-methyl/N-ethyl adjacent to an activating group) is 1. The normalized spacial score (nSPS) is 12.4. The molecule has 0 aromatic rings. The molecule has 0 saturated heterocycles. The van der Waals surface area contributed by atoms with Crippen LogP contribution in [0.5, 0.6) is 0 Å². The summed E-state index contributed by atoms with van der Waals surface area (Å²) in [5, 5.41) is 13.2. The van der Waals surface area contributed by atoms with Gasteiger partial charge >= 0.3 is 0 Å². The quantitative estimate of drug-likeness (QED) is 0.332. The third-order valence-electron chi connectivity index (χ3n) is 3.85. The highest BCUT2D eigenvalue weighted by Crippen LogP contribution is 2.10. The van der Waals surface area contributed by atoms with Crippen molar-refractivity contribution in [3.63, 3.8) is 0 Å².